The van der Waals surface area contributed by atoms with E-state index in [0.29, 0.717) is 16.3 Å². The molecule has 0 spiro atoms. The maximum atomic E-state index is 12.6. The average Bonchev–Trinajstić information content (AvgIpc) is 3.09. The standard InChI is InChI=1S/C22H23N3O3S2/c1-30(27,28)15-17-7-9-18(10-8-17)21(26)24-22-23-19-11-12-25(14-20(19)29-22)13-16-5-3-2-4-6-16/h2-10H,11-15H2,1H3,(H,23,24,26). The molecule has 4 rings (SSSR count). The summed E-state index contributed by atoms with van der Waals surface area (Å²) in [6, 6.07) is 17.0. The number of aromatic nitrogens is 1. The van der Waals surface area contributed by atoms with Gasteiger partial charge in [0.1, 0.15) is 0 Å². The van der Waals surface area contributed by atoms with Crippen LogP contribution >= 0.6 is 11.3 Å². The first-order valence-corrected chi connectivity index (χ1v) is 12.6. The van der Waals surface area contributed by atoms with Gasteiger partial charge in [0.2, 0.25) is 0 Å². The van der Waals surface area contributed by atoms with Crippen molar-refractivity contribution in [3.63, 3.8) is 0 Å². The van der Waals surface area contributed by atoms with Gasteiger partial charge in [0.15, 0.2) is 15.0 Å². The van der Waals surface area contributed by atoms with E-state index in [0.717, 1.165) is 31.7 Å². The number of carbonyl (C=O) groups is 1. The Labute approximate surface area is 180 Å². The van der Waals surface area contributed by atoms with Crippen LogP contribution in [0.2, 0.25) is 0 Å². The molecule has 0 fully saturated rings. The third-order valence-corrected chi connectivity index (χ3v) is 6.78. The molecule has 0 bridgehead atoms. The summed E-state index contributed by atoms with van der Waals surface area (Å²) in [6.07, 6.45) is 2.06. The summed E-state index contributed by atoms with van der Waals surface area (Å²) < 4.78 is 22.8. The highest BCUT2D eigenvalue weighted by Crippen LogP contribution is 2.29. The van der Waals surface area contributed by atoms with Gasteiger partial charge in [-0.05, 0) is 23.3 Å². The molecule has 0 aliphatic carbocycles. The van der Waals surface area contributed by atoms with Crippen LogP contribution in [-0.4, -0.2) is 37.0 Å². The van der Waals surface area contributed by atoms with E-state index in [4.69, 9.17) is 0 Å². The van der Waals surface area contributed by atoms with E-state index in [-0.39, 0.29) is 11.7 Å². The van der Waals surface area contributed by atoms with Crippen molar-refractivity contribution < 1.29 is 13.2 Å². The third-order valence-electron chi connectivity index (χ3n) is 4.92. The molecule has 6 nitrogen and oxygen atoms in total. The van der Waals surface area contributed by atoms with E-state index in [9.17, 15) is 13.2 Å². The topological polar surface area (TPSA) is 79.4 Å². The summed E-state index contributed by atoms with van der Waals surface area (Å²) >= 11 is 1.52. The second kappa shape index (κ2) is 8.67. The molecule has 1 aromatic heterocycles. The summed E-state index contributed by atoms with van der Waals surface area (Å²) in [4.78, 5) is 20.7. The fourth-order valence-corrected chi connectivity index (χ4v) is 5.35. The van der Waals surface area contributed by atoms with Crippen molar-refractivity contribution in [2.75, 3.05) is 18.1 Å². The minimum absolute atomic E-state index is 0.0341. The minimum atomic E-state index is -3.10. The highest BCUT2D eigenvalue weighted by Gasteiger charge is 2.21. The van der Waals surface area contributed by atoms with Crippen LogP contribution < -0.4 is 5.32 Å². The number of rotatable bonds is 6. The van der Waals surface area contributed by atoms with Gasteiger partial charge in [-0.3, -0.25) is 15.0 Å². The lowest BCUT2D eigenvalue weighted by molar-refractivity contribution is 0.102. The second-order valence-electron chi connectivity index (χ2n) is 7.56. The lowest BCUT2D eigenvalue weighted by Gasteiger charge is -2.25. The van der Waals surface area contributed by atoms with Crippen LogP contribution in [-0.2, 0) is 35.1 Å². The fraction of sp³-hybridized carbons (Fsp3) is 0.273. The van der Waals surface area contributed by atoms with E-state index >= 15 is 0 Å². The highest BCUT2D eigenvalue weighted by molar-refractivity contribution is 7.89. The van der Waals surface area contributed by atoms with Gasteiger partial charge >= 0.3 is 0 Å². The number of amides is 1. The number of sulfone groups is 1. The molecule has 30 heavy (non-hydrogen) atoms. The lowest BCUT2D eigenvalue weighted by Crippen LogP contribution is -2.29. The summed E-state index contributed by atoms with van der Waals surface area (Å²) in [5.41, 5.74) is 3.49. The van der Waals surface area contributed by atoms with Crippen LogP contribution in [0.3, 0.4) is 0 Å². The average molecular weight is 442 g/mol. The summed E-state index contributed by atoms with van der Waals surface area (Å²) in [6.45, 7) is 2.68. The Bertz CT molecular complexity index is 1140. The molecular formula is C22H23N3O3S2. The summed E-state index contributed by atoms with van der Waals surface area (Å²) in [7, 11) is -3.10. The predicted molar refractivity (Wildman–Crippen MR) is 119 cm³/mol. The van der Waals surface area contributed by atoms with Crippen molar-refractivity contribution >= 4 is 32.2 Å². The Morgan fingerprint density at radius 2 is 1.83 bits per heavy atom. The Kier molecular flexibility index (Phi) is 5.99. The number of benzene rings is 2. The van der Waals surface area contributed by atoms with Crippen molar-refractivity contribution in [3.8, 4) is 0 Å². The molecule has 0 saturated carbocycles. The summed E-state index contributed by atoms with van der Waals surface area (Å²) in [5, 5.41) is 3.48. The molecule has 0 radical (unpaired) electrons. The smallest absolute Gasteiger partial charge is 0.257 e. The van der Waals surface area contributed by atoms with E-state index in [1.165, 1.54) is 28.0 Å². The van der Waals surface area contributed by atoms with Gasteiger partial charge in [-0.15, -0.1) is 11.3 Å². The van der Waals surface area contributed by atoms with Gasteiger partial charge in [-0.2, -0.15) is 0 Å². The first-order chi connectivity index (χ1) is 14.4. The van der Waals surface area contributed by atoms with E-state index < -0.39 is 9.84 Å². The quantitative estimate of drug-likeness (QED) is 0.633. The van der Waals surface area contributed by atoms with Crippen LogP contribution in [0.5, 0.6) is 0 Å². The van der Waals surface area contributed by atoms with Crippen LogP contribution in [0.1, 0.15) is 32.1 Å². The lowest BCUT2D eigenvalue weighted by atomic mass is 10.1. The zero-order chi connectivity index (χ0) is 21.1. The van der Waals surface area contributed by atoms with Crippen molar-refractivity contribution in [1.82, 2.24) is 9.88 Å². The van der Waals surface area contributed by atoms with Crippen LogP contribution in [0.15, 0.2) is 54.6 Å². The van der Waals surface area contributed by atoms with Gasteiger partial charge in [-0.1, -0.05) is 42.5 Å². The number of anilines is 1. The SMILES string of the molecule is CS(=O)(=O)Cc1ccc(C(=O)Nc2nc3c(s2)CN(Cc2ccccc2)CC3)cc1. The number of nitrogens with zero attached hydrogens (tertiary/aromatic N) is 2. The Morgan fingerprint density at radius 3 is 2.53 bits per heavy atom. The number of carbonyl (C=O) groups excluding carboxylic acids is 1. The predicted octanol–water partition coefficient (Wildman–Crippen LogP) is 3.50. The molecule has 0 saturated heterocycles. The maximum absolute atomic E-state index is 12.6. The number of thiazole rings is 1. The molecule has 156 valence electrons. The molecule has 1 amide bonds. The molecule has 0 atom stereocenters. The van der Waals surface area contributed by atoms with E-state index in [1.54, 1.807) is 24.3 Å². The zero-order valence-corrected chi connectivity index (χ0v) is 18.3. The number of hydrogen-bond donors (Lipinski definition) is 1. The summed E-state index contributed by atoms with van der Waals surface area (Å²) in [5.74, 6) is -0.277. The van der Waals surface area contributed by atoms with Gasteiger partial charge in [0.05, 0.1) is 11.4 Å². The maximum Gasteiger partial charge on any atom is 0.257 e. The molecule has 1 aliphatic heterocycles. The fourth-order valence-electron chi connectivity index (χ4n) is 3.50. The van der Waals surface area contributed by atoms with Gasteiger partial charge in [-0.25, -0.2) is 13.4 Å². The monoisotopic (exact) mass is 441 g/mol. The van der Waals surface area contributed by atoms with Crippen LogP contribution in [0, 0.1) is 0 Å². The van der Waals surface area contributed by atoms with E-state index in [1.807, 2.05) is 6.07 Å². The number of hydrogen-bond acceptors (Lipinski definition) is 6. The zero-order valence-electron chi connectivity index (χ0n) is 16.7. The third kappa shape index (κ3) is 5.33. The van der Waals surface area contributed by atoms with Gasteiger partial charge < -0.3 is 0 Å². The van der Waals surface area contributed by atoms with Crippen molar-refractivity contribution in [1.29, 1.82) is 0 Å². The largest absolute Gasteiger partial charge is 0.298 e. The minimum Gasteiger partial charge on any atom is -0.298 e. The number of nitrogens with one attached hydrogen (secondary N) is 1. The van der Waals surface area contributed by atoms with Crippen molar-refractivity contribution in [3.05, 3.63) is 81.9 Å². The molecular weight excluding hydrogens is 418 g/mol. The Morgan fingerprint density at radius 1 is 1.10 bits per heavy atom. The number of fused-ring (bicyclic) bond motifs is 1. The molecule has 0 unspecified atom stereocenters. The van der Waals surface area contributed by atoms with E-state index in [2.05, 4.69) is 39.5 Å². The normalized spacial score (nSPS) is 14.3. The molecule has 1 N–H and O–H groups in total. The second-order valence-corrected chi connectivity index (χ2v) is 10.8. The van der Waals surface area contributed by atoms with Crippen LogP contribution in [0.4, 0.5) is 5.13 Å². The molecule has 2 aromatic carbocycles. The van der Waals surface area contributed by atoms with Crippen LogP contribution in [0.25, 0.3) is 0 Å². The first kappa shape index (κ1) is 20.7. The van der Waals surface area contributed by atoms with Crippen molar-refractivity contribution in [2.45, 2.75) is 25.3 Å². The van der Waals surface area contributed by atoms with Gasteiger partial charge in [0, 0.05) is 42.8 Å². The Hall–Kier alpha value is -2.55. The highest BCUT2D eigenvalue weighted by atomic mass is 32.2. The molecule has 8 heteroatoms. The molecule has 2 heterocycles. The molecule has 3 aromatic rings. The first-order valence-electron chi connectivity index (χ1n) is 9.68. The molecule has 1 aliphatic rings. The van der Waals surface area contributed by atoms with Crippen molar-refractivity contribution in [2.24, 2.45) is 0 Å². The Balaban J connectivity index is 1.39. The van der Waals surface area contributed by atoms with Gasteiger partial charge in [0.25, 0.3) is 5.91 Å².